The molecule has 3 unspecified atom stereocenters. The molecule has 0 saturated carbocycles. The van der Waals surface area contributed by atoms with Gasteiger partial charge in [-0.1, -0.05) is 6.07 Å². The van der Waals surface area contributed by atoms with Gasteiger partial charge in [0.05, 0.1) is 11.7 Å². The van der Waals surface area contributed by atoms with E-state index < -0.39 is 0 Å². The molecule has 2 fully saturated rings. The first-order chi connectivity index (χ1) is 12.2. The summed E-state index contributed by atoms with van der Waals surface area (Å²) in [5, 5.41) is 0. The minimum atomic E-state index is -0.202. The standard InChI is InChI=1S/C18H24N6O/c1-23-10-8-20-17(23)13-5-4-9-24(12-13)18(25)16-11-15(21-22-16)14-6-2-3-7-19-14/h2-3,6-8,10,13,15-16,21-22H,4-5,9,11-12H2,1H3. The van der Waals surface area contributed by atoms with E-state index in [1.165, 1.54) is 0 Å². The molecule has 2 aliphatic rings. The van der Waals surface area contributed by atoms with Crippen molar-refractivity contribution in [1.82, 2.24) is 30.3 Å². The van der Waals surface area contributed by atoms with Crippen LogP contribution in [0.4, 0.5) is 0 Å². The second-order valence-electron chi connectivity index (χ2n) is 6.90. The van der Waals surface area contributed by atoms with E-state index in [1.54, 1.807) is 6.20 Å². The molecule has 4 rings (SSSR count). The summed E-state index contributed by atoms with van der Waals surface area (Å²) in [6.07, 6.45) is 8.41. The van der Waals surface area contributed by atoms with Gasteiger partial charge in [-0.3, -0.25) is 9.78 Å². The lowest BCUT2D eigenvalue weighted by Crippen LogP contribution is -2.48. The molecule has 7 heteroatoms. The molecule has 0 bridgehead atoms. The van der Waals surface area contributed by atoms with Gasteiger partial charge in [-0.2, -0.15) is 0 Å². The fraction of sp³-hybridized carbons (Fsp3) is 0.500. The van der Waals surface area contributed by atoms with Gasteiger partial charge in [-0.25, -0.2) is 15.8 Å². The molecule has 1 amide bonds. The number of hydrogen-bond donors (Lipinski definition) is 2. The number of rotatable bonds is 3. The molecule has 2 saturated heterocycles. The Bertz CT molecular complexity index is 730. The molecule has 25 heavy (non-hydrogen) atoms. The van der Waals surface area contributed by atoms with Crippen LogP contribution in [0.3, 0.4) is 0 Å². The quantitative estimate of drug-likeness (QED) is 0.876. The minimum Gasteiger partial charge on any atom is -0.341 e. The third kappa shape index (κ3) is 3.29. The van der Waals surface area contributed by atoms with Crippen LogP contribution < -0.4 is 10.9 Å². The second-order valence-corrected chi connectivity index (χ2v) is 6.90. The van der Waals surface area contributed by atoms with Gasteiger partial charge in [0.25, 0.3) is 0 Å². The molecule has 2 aromatic rings. The summed E-state index contributed by atoms with van der Waals surface area (Å²) in [5.74, 6) is 1.56. The first kappa shape index (κ1) is 16.2. The Kier molecular flexibility index (Phi) is 4.50. The lowest BCUT2D eigenvalue weighted by atomic mass is 9.96. The number of hydrogen-bond acceptors (Lipinski definition) is 5. The lowest BCUT2D eigenvalue weighted by Gasteiger charge is -2.33. The molecule has 2 aromatic heterocycles. The lowest BCUT2D eigenvalue weighted by molar-refractivity contribution is -0.134. The first-order valence-electron chi connectivity index (χ1n) is 8.90. The van der Waals surface area contributed by atoms with Crippen LogP contribution in [0.15, 0.2) is 36.8 Å². The smallest absolute Gasteiger partial charge is 0.241 e. The van der Waals surface area contributed by atoms with Crippen molar-refractivity contribution in [1.29, 1.82) is 0 Å². The number of hydrazine groups is 1. The third-order valence-electron chi connectivity index (χ3n) is 5.20. The summed E-state index contributed by atoms with van der Waals surface area (Å²) in [4.78, 5) is 23.8. The summed E-state index contributed by atoms with van der Waals surface area (Å²) in [6.45, 7) is 1.57. The van der Waals surface area contributed by atoms with Gasteiger partial charge in [0, 0.05) is 44.6 Å². The van der Waals surface area contributed by atoms with Gasteiger partial charge in [-0.05, 0) is 31.4 Å². The number of piperidine rings is 1. The van der Waals surface area contributed by atoms with Gasteiger partial charge in [-0.15, -0.1) is 0 Å². The highest BCUT2D eigenvalue weighted by Gasteiger charge is 2.35. The summed E-state index contributed by atoms with van der Waals surface area (Å²) in [6, 6.07) is 5.74. The second kappa shape index (κ2) is 6.93. The predicted molar refractivity (Wildman–Crippen MR) is 93.4 cm³/mol. The van der Waals surface area contributed by atoms with E-state index in [9.17, 15) is 4.79 Å². The molecule has 7 nitrogen and oxygen atoms in total. The fourth-order valence-corrected chi connectivity index (χ4v) is 3.87. The number of nitrogens with one attached hydrogen (secondary N) is 2. The van der Waals surface area contributed by atoms with E-state index in [-0.39, 0.29) is 18.0 Å². The van der Waals surface area contributed by atoms with Crippen LogP contribution in [0.2, 0.25) is 0 Å². The maximum atomic E-state index is 13.0. The van der Waals surface area contributed by atoms with Crippen LogP contribution in [0, 0.1) is 0 Å². The molecule has 0 aliphatic carbocycles. The highest BCUT2D eigenvalue weighted by atomic mass is 16.2. The number of likely N-dealkylation sites (tertiary alicyclic amines) is 1. The van der Waals surface area contributed by atoms with Crippen LogP contribution in [0.25, 0.3) is 0 Å². The summed E-state index contributed by atoms with van der Waals surface area (Å²) in [5.41, 5.74) is 7.34. The number of nitrogens with zero attached hydrogens (tertiary/aromatic N) is 4. The Morgan fingerprint density at radius 2 is 2.16 bits per heavy atom. The molecule has 132 valence electrons. The minimum absolute atomic E-state index is 0.0743. The molecule has 0 spiro atoms. The number of aryl methyl sites for hydroxylation is 1. The van der Waals surface area contributed by atoms with Crippen LogP contribution in [0.5, 0.6) is 0 Å². The van der Waals surface area contributed by atoms with Gasteiger partial charge >= 0.3 is 0 Å². The van der Waals surface area contributed by atoms with Crippen LogP contribution in [-0.4, -0.2) is 44.5 Å². The van der Waals surface area contributed by atoms with Gasteiger partial charge < -0.3 is 9.47 Å². The van der Waals surface area contributed by atoms with E-state index >= 15 is 0 Å². The summed E-state index contributed by atoms with van der Waals surface area (Å²) < 4.78 is 2.06. The van der Waals surface area contributed by atoms with E-state index in [0.717, 1.165) is 43.9 Å². The van der Waals surface area contributed by atoms with Gasteiger partial charge in [0.15, 0.2) is 0 Å². The van der Waals surface area contributed by atoms with E-state index in [2.05, 4.69) is 25.4 Å². The van der Waals surface area contributed by atoms with Crippen LogP contribution in [-0.2, 0) is 11.8 Å². The van der Waals surface area contributed by atoms with E-state index in [0.29, 0.717) is 5.92 Å². The Labute approximate surface area is 147 Å². The maximum Gasteiger partial charge on any atom is 0.241 e. The van der Waals surface area contributed by atoms with E-state index in [1.807, 2.05) is 42.5 Å². The number of amides is 1. The molecule has 2 aliphatic heterocycles. The first-order valence-corrected chi connectivity index (χ1v) is 8.90. The zero-order valence-electron chi connectivity index (χ0n) is 14.4. The Morgan fingerprint density at radius 3 is 2.92 bits per heavy atom. The SMILES string of the molecule is Cn1ccnc1C1CCCN(C(=O)C2CC(c3ccccn3)NN2)C1. The van der Waals surface area contributed by atoms with Crippen LogP contribution >= 0.6 is 0 Å². The van der Waals surface area contributed by atoms with E-state index in [4.69, 9.17) is 0 Å². The topological polar surface area (TPSA) is 75.1 Å². The summed E-state index contributed by atoms with van der Waals surface area (Å²) in [7, 11) is 2.02. The Morgan fingerprint density at radius 1 is 1.24 bits per heavy atom. The maximum absolute atomic E-state index is 13.0. The molecule has 3 atom stereocenters. The Hall–Kier alpha value is -2.25. The third-order valence-corrected chi connectivity index (χ3v) is 5.20. The number of carbonyl (C=O) groups excluding carboxylic acids is 1. The zero-order valence-corrected chi connectivity index (χ0v) is 14.4. The van der Waals surface area contributed by atoms with Crippen molar-refractivity contribution >= 4 is 5.91 Å². The molecule has 4 heterocycles. The normalized spacial score (nSPS) is 26.8. The average Bonchev–Trinajstić information content (AvgIpc) is 3.31. The number of imidazole rings is 1. The van der Waals surface area contributed by atoms with Crippen molar-refractivity contribution in [2.24, 2.45) is 7.05 Å². The number of aromatic nitrogens is 3. The largest absolute Gasteiger partial charge is 0.341 e. The summed E-state index contributed by atoms with van der Waals surface area (Å²) >= 11 is 0. The van der Waals surface area contributed by atoms with Crippen molar-refractivity contribution in [3.05, 3.63) is 48.3 Å². The highest BCUT2D eigenvalue weighted by molar-refractivity contribution is 5.82. The number of pyridine rings is 1. The predicted octanol–water partition coefficient (Wildman–Crippen LogP) is 1.13. The van der Waals surface area contributed by atoms with Crippen LogP contribution in [0.1, 0.15) is 42.7 Å². The molecule has 0 radical (unpaired) electrons. The average molecular weight is 340 g/mol. The Balaban J connectivity index is 1.40. The highest BCUT2D eigenvalue weighted by Crippen LogP contribution is 2.27. The monoisotopic (exact) mass is 340 g/mol. The molecular weight excluding hydrogens is 316 g/mol. The van der Waals surface area contributed by atoms with Gasteiger partial charge in [0.1, 0.15) is 11.9 Å². The van der Waals surface area contributed by atoms with Crippen molar-refractivity contribution < 1.29 is 4.79 Å². The van der Waals surface area contributed by atoms with Crippen molar-refractivity contribution in [3.63, 3.8) is 0 Å². The van der Waals surface area contributed by atoms with Crippen molar-refractivity contribution in [3.8, 4) is 0 Å². The van der Waals surface area contributed by atoms with Crippen molar-refractivity contribution in [2.75, 3.05) is 13.1 Å². The number of carbonyl (C=O) groups is 1. The molecule has 0 aromatic carbocycles. The van der Waals surface area contributed by atoms with Crippen molar-refractivity contribution in [2.45, 2.75) is 37.3 Å². The molecular formula is C18H24N6O. The zero-order chi connectivity index (χ0) is 17.2. The van der Waals surface area contributed by atoms with Gasteiger partial charge in [0.2, 0.25) is 5.91 Å². The fourth-order valence-electron chi connectivity index (χ4n) is 3.87. The molecule has 2 N–H and O–H groups in total.